The van der Waals surface area contributed by atoms with Gasteiger partial charge in [0, 0.05) is 17.8 Å². The standard InChI is InChI=1S/C12H13O/c1-12(2)10(8-11(12)13)9-6-4-3-5-7-9/h4-7,10H,8H2,1-2H3. The molecular formula is C12H13O. The smallest absolute Gasteiger partial charge is 0.139 e. The van der Waals surface area contributed by atoms with Crippen LogP contribution in [0.3, 0.4) is 0 Å². The Hall–Kier alpha value is -1.11. The molecule has 0 aliphatic heterocycles. The number of hydrogen-bond donors (Lipinski definition) is 0. The SMILES string of the molecule is CC1(C)C(=O)CC1c1cc[c]cc1. The van der Waals surface area contributed by atoms with Crippen molar-refractivity contribution < 1.29 is 4.79 Å². The predicted molar refractivity (Wildman–Crippen MR) is 51.4 cm³/mol. The normalized spacial score (nSPS) is 25.4. The van der Waals surface area contributed by atoms with Crippen molar-refractivity contribution in [3.8, 4) is 0 Å². The fourth-order valence-electron chi connectivity index (χ4n) is 1.93. The summed E-state index contributed by atoms with van der Waals surface area (Å²) in [6, 6.07) is 10.9. The number of benzene rings is 1. The molecule has 0 spiro atoms. The molecule has 1 aliphatic rings. The molecule has 0 N–H and O–H groups in total. The number of Topliss-reactive ketones (excluding diaryl/α,β-unsaturated/α-hetero) is 1. The molecule has 1 nitrogen and oxygen atoms in total. The molecule has 1 aromatic rings. The first-order chi connectivity index (χ1) is 6.12. The van der Waals surface area contributed by atoms with Crippen LogP contribution < -0.4 is 0 Å². The van der Waals surface area contributed by atoms with Crippen molar-refractivity contribution >= 4 is 5.78 Å². The van der Waals surface area contributed by atoms with E-state index in [4.69, 9.17) is 0 Å². The van der Waals surface area contributed by atoms with Crippen molar-refractivity contribution in [2.75, 3.05) is 0 Å². The van der Waals surface area contributed by atoms with E-state index in [2.05, 4.69) is 18.2 Å². The van der Waals surface area contributed by atoms with Gasteiger partial charge in [0.05, 0.1) is 0 Å². The van der Waals surface area contributed by atoms with Crippen molar-refractivity contribution in [1.82, 2.24) is 0 Å². The molecule has 0 amide bonds. The fraction of sp³-hybridized carbons (Fsp3) is 0.417. The van der Waals surface area contributed by atoms with Crippen LogP contribution in [0.15, 0.2) is 24.3 Å². The monoisotopic (exact) mass is 173 g/mol. The highest BCUT2D eigenvalue weighted by Gasteiger charge is 2.47. The van der Waals surface area contributed by atoms with Gasteiger partial charge in [-0.05, 0) is 11.6 Å². The average Bonchev–Trinajstić information content (AvgIpc) is 2.15. The molecule has 13 heavy (non-hydrogen) atoms. The van der Waals surface area contributed by atoms with E-state index in [1.165, 1.54) is 5.56 Å². The van der Waals surface area contributed by atoms with Crippen LogP contribution in [0.1, 0.15) is 31.7 Å². The van der Waals surface area contributed by atoms with E-state index in [0.717, 1.165) is 0 Å². The molecule has 1 heteroatoms. The fourth-order valence-corrected chi connectivity index (χ4v) is 1.93. The summed E-state index contributed by atoms with van der Waals surface area (Å²) in [6.07, 6.45) is 0.705. The molecule has 1 saturated carbocycles. The summed E-state index contributed by atoms with van der Waals surface area (Å²) in [7, 11) is 0. The second-order valence-electron chi connectivity index (χ2n) is 4.23. The Balaban J connectivity index is 2.27. The summed E-state index contributed by atoms with van der Waals surface area (Å²) in [4.78, 5) is 11.3. The molecule has 2 rings (SSSR count). The third kappa shape index (κ3) is 1.19. The minimum Gasteiger partial charge on any atom is -0.299 e. The Bertz CT molecular complexity index is 324. The topological polar surface area (TPSA) is 17.1 Å². The Morgan fingerprint density at radius 3 is 2.46 bits per heavy atom. The lowest BCUT2D eigenvalue weighted by Gasteiger charge is -2.42. The molecule has 0 aromatic heterocycles. The lowest BCUT2D eigenvalue weighted by molar-refractivity contribution is -0.137. The van der Waals surface area contributed by atoms with Crippen LogP contribution in [0.25, 0.3) is 0 Å². The second-order valence-corrected chi connectivity index (χ2v) is 4.23. The van der Waals surface area contributed by atoms with Gasteiger partial charge in [0.15, 0.2) is 0 Å². The number of carbonyl (C=O) groups is 1. The van der Waals surface area contributed by atoms with Crippen LogP contribution in [0.2, 0.25) is 0 Å². The third-order valence-corrected chi connectivity index (χ3v) is 3.13. The lowest BCUT2D eigenvalue weighted by atomic mass is 9.59. The summed E-state index contributed by atoms with van der Waals surface area (Å²) >= 11 is 0. The van der Waals surface area contributed by atoms with Crippen LogP contribution >= 0.6 is 0 Å². The van der Waals surface area contributed by atoms with Crippen molar-refractivity contribution in [2.45, 2.75) is 26.2 Å². The van der Waals surface area contributed by atoms with Crippen LogP contribution in [0.4, 0.5) is 0 Å². The minimum absolute atomic E-state index is 0.151. The molecule has 1 aromatic carbocycles. The van der Waals surface area contributed by atoms with Gasteiger partial charge in [0.1, 0.15) is 5.78 Å². The van der Waals surface area contributed by atoms with Crippen LogP contribution in [0, 0.1) is 11.5 Å². The van der Waals surface area contributed by atoms with E-state index >= 15 is 0 Å². The van der Waals surface area contributed by atoms with Gasteiger partial charge in [-0.3, -0.25) is 4.79 Å². The number of hydrogen-bond acceptors (Lipinski definition) is 1. The molecule has 0 heterocycles. The molecule has 1 atom stereocenters. The molecule has 1 unspecified atom stereocenters. The summed E-state index contributed by atoms with van der Waals surface area (Å²) in [6.45, 7) is 4.06. The van der Waals surface area contributed by atoms with Gasteiger partial charge in [-0.15, -0.1) is 0 Å². The first-order valence-electron chi connectivity index (χ1n) is 4.61. The zero-order chi connectivity index (χ0) is 9.47. The minimum atomic E-state index is -0.151. The summed E-state index contributed by atoms with van der Waals surface area (Å²) < 4.78 is 0. The molecule has 1 aliphatic carbocycles. The number of ketones is 1. The molecule has 67 valence electrons. The number of rotatable bonds is 1. The first kappa shape index (κ1) is 8.49. The first-order valence-corrected chi connectivity index (χ1v) is 4.61. The van der Waals surface area contributed by atoms with E-state index in [9.17, 15) is 4.79 Å². The van der Waals surface area contributed by atoms with Crippen molar-refractivity contribution in [1.29, 1.82) is 0 Å². The zero-order valence-electron chi connectivity index (χ0n) is 8.00. The van der Waals surface area contributed by atoms with Gasteiger partial charge in [0.25, 0.3) is 0 Å². The summed E-state index contributed by atoms with van der Waals surface area (Å²) in [5.74, 6) is 0.792. The highest BCUT2D eigenvalue weighted by atomic mass is 16.1. The van der Waals surface area contributed by atoms with E-state index < -0.39 is 0 Å². The van der Waals surface area contributed by atoms with Gasteiger partial charge in [-0.2, -0.15) is 0 Å². The molecular weight excluding hydrogens is 160 g/mol. The largest absolute Gasteiger partial charge is 0.299 e. The van der Waals surface area contributed by atoms with Gasteiger partial charge < -0.3 is 0 Å². The van der Waals surface area contributed by atoms with Crippen LogP contribution in [-0.2, 0) is 4.79 Å². The Labute approximate surface area is 78.8 Å². The second kappa shape index (κ2) is 2.69. The maximum atomic E-state index is 11.3. The molecule has 0 bridgehead atoms. The van der Waals surface area contributed by atoms with Gasteiger partial charge in [0.2, 0.25) is 0 Å². The Morgan fingerprint density at radius 1 is 1.38 bits per heavy atom. The van der Waals surface area contributed by atoms with Gasteiger partial charge in [-0.25, -0.2) is 0 Å². The van der Waals surface area contributed by atoms with Gasteiger partial charge >= 0.3 is 0 Å². The van der Waals surface area contributed by atoms with Crippen molar-refractivity contribution in [3.63, 3.8) is 0 Å². The highest BCUT2D eigenvalue weighted by molar-refractivity contribution is 5.92. The maximum absolute atomic E-state index is 11.3. The maximum Gasteiger partial charge on any atom is 0.139 e. The van der Waals surface area contributed by atoms with Crippen molar-refractivity contribution in [3.05, 3.63) is 35.9 Å². The van der Waals surface area contributed by atoms with E-state index in [1.54, 1.807) is 0 Å². The third-order valence-electron chi connectivity index (χ3n) is 3.13. The Kier molecular flexibility index (Phi) is 1.76. The molecule has 0 saturated heterocycles. The van der Waals surface area contributed by atoms with Crippen LogP contribution in [0.5, 0.6) is 0 Å². The van der Waals surface area contributed by atoms with Gasteiger partial charge in [-0.1, -0.05) is 38.1 Å². The number of carbonyl (C=O) groups excluding carboxylic acids is 1. The van der Waals surface area contributed by atoms with E-state index in [1.807, 2.05) is 26.0 Å². The zero-order valence-corrected chi connectivity index (χ0v) is 8.00. The summed E-state index contributed by atoms with van der Waals surface area (Å²) in [5, 5.41) is 0. The Morgan fingerprint density at radius 2 is 2.00 bits per heavy atom. The predicted octanol–water partition coefficient (Wildman–Crippen LogP) is 2.57. The van der Waals surface area contributed by atoms with Crippen LogP contribution in [-0.4, -0.2) is 5.78 Å². The summed E-state index contributed by atoms with van der Waals surface area (Å²) in [5.41, 5.74) is 1.12. The van der Waals surface area contributed by atoms with E-state index in [0.29, 0.717) is 18.1 Å². The molecule has 1 radical (unpaired) electrons. The van der Waals surface area contributed by atoms with E-state index in [-0.39, 0.29) is 5.41 Å². The van der Waals surface area contributed by atoms with Crippen molar-refractivity contribution in [2.24, 2.45) is 5.41 Å². The highest BCUT2D eigenvalue weighted by Crippen LogP contribution is 2.49. The molecule has 1 fully saturated rings. The quantitative estimate of drug-likeness (QED) is 0.638. The lowest BCUT2D eigenvalue weighted by Crippen LogP contribution is -2.43. The average molecular weight is 173 g/mol.